The van der Waals surface area contributed by atoms with Crippen molar-refractivity contribution in [1.82, 2.24) is 5.43 Å². The number of ether oxygens (including phenoxy) is 3. The molecule has 0 radical (unpaired) electrons. The third-order valence-electron chi connectivity index (χ3n) is 4.32. The second-order valence-corrected chi connectivity index (χ2v) is 7.49. The number of nitrogens with one attached hydrogen (secondary N) is 1. The topological polar surface area (TPSA) is 86.2 Å². The quantitative estimate of drug-likeness (QED) is 0.258. The molecule has 0 spiro atoms. The summed E-state index contributed by atoms with van der Waals surface area (Å²) < 4.78 is 17.4. The lowest BCUT2D eigenvalue weighted by Crippen LogP contribution is -2.42. The van der Waals surface area contributed by atoms with Gasteiger partial charge in [-0.1, -0.05) is 46.3 Å². The third kappa shape index (κ3) is 5.29. The zero-order valence-electron chi connectivity index (χ0n) is 16.2. The van der Waals surface area contributed by atoms with Crippen molar-refractivity contribution in [2.75, 3.05) is 6.61 Å². The van der Waals surface area contributed by atoms with Gasteiger partial charge in [-0.15, -0.1) is 0 Å². The lowest BCUT2D eigenvalue weighted by Gasteiger charge is -2.24. The molecular formula is C23H17BrN2O5. The van der Waals surface area contributed by atoms with Crippen LogP contribution in [0.25, 0.3) is 0 Å². The van der Waals surface area contributed by atoms with Gasteiger partial charge in [-0.2, -0.15) is 5.10 Å². The van der Waals surface area contributed by atoms with Crippen LogP contribution in [0, 0.1) is 0 Å². The molecule has 0 aromatic heterocycles. The van der Waals surface area contributed by atoms with E-state index in [4.69, 9.17) is 14.2 Å². The monoisotopic (exact) mass is 480 g/mol. The first-order chi connectivity index (χ1) is 15.1. The SMILES string of the molecule is O=C(Oc1cccc(/C=N/NC(=O)C2COc3ccccc3O2)c1)c1cccc(Br)c1. The van der Waals surface area contributed by atoms with Gasteiger partial charge < -0.3 is 14.2 Å². The van der Waals surface area contributed by atoms with Crippen LogP contribution in [0.1, 0.15) is 15.9 Å². The number of rotatable bonds is 5. The van der Waals surface area contributed by atoms with Gasteiger partial charge in [0.25, 0.3) is 5.91 Å². The Labute approximate surface area is 186 Å². The number of fused-ring (bicyclic) bond motifs is 1. The van der Waals surface area contributed by atoms with Crippen molar-refractivity contribution in [1.29, 1.82) is 0 Å². The van der Waals surface area contributed by atoms with Gasteiger partial charge in [0.1, 0.15) is 12.4 Å². The van der Waals surface area contributed by atoms with Gasteiger partial charge in [-0.05, 0) is 48.0 Å². The third-order valence-corrected chi connectivity index (χ3v) is 4.81. The molecule has 7 nitrogen and oxygen atoms in total. The molecule has 4 rings (SSSR count). The summed E-state index contributed by atoms with van der Waals surface area (Å²) >= 11 is 3.33. The summed E-state index contributed by atoms with van der Waals surface area (Å²) in [6.07, 6.45) is 0.649. The van der Waals surface area contributed by atoms with E-state index in [-0.39, 0.29) is 6.61 Å². The maximum absolute atomic E-state index is 12.3. The van der Waals surface area contributed by atoms with Crippen LogP contribution in [0.4, 0.5) is 0 Å². The molecular weight excluding hydrogens is 464 g/mol. The molecule has 0 saturated carbocycles. The van der Waals surface area contributed by atoms with Gasteiger partial charge in [0.2, 0.25) is 6.10 Å². The Bertz CT molecular complexity index is 1150. The highest BCUT2D eigenvalue weighted by atomic mass is 79.9. The fraction of sp³-hybridized carbons (Fsp3) is 0.0870. The Kier molecular flexibility index (Phi) is 6.28. The van der Waals surface area contributed by atoms with Crippen LogP contribution < -0.4 is 19.6 Å². The molecule has 1 aliphatic rings. The van der Waals surface area contributed by atoms with Crippen molar-refractivity contribution >= 4 is 34.0 Å². The van der Waals surface area contributed by atoms with Crippen LogP contribution in [0.3, 0.4) is 0 Å². The Hall–Kier alpha value is -3.65. The Balaban J connectivity index is 1.34. The van der Waals surface area contributed by atoms with Gasteiger partial charge >= 0.3 is 5.97 Å². The number of carbonyl (C=O) groups excluding carboxylic acids is 2. The first-order valence-electron chi connectivity index (χ1n) is 9.38. The number of hydrazone groups is 1. The fourth-order valence-corrected chi connectivity index (χ4v) is 3.23. The summed E-state index contributed by atoms with van der Waals surface area (Å²) in [6, 6.07) is 20.9. The van der Waals surface area contributed by atoms with Crippen molar-refractivity contribution < 1.29 is 23.8 Å². The van der Waals surface area contributed by atoms with Crippen LogP contribution in [0.2, 0.25) is 0 Å². The number of halogens is 1. The van der Waals surface area contributed by atoms with E-state index in [0.717, 1.165) is 4.47 Å². The van der Waals surface area contributed by atoms with E-state index in [1.807, 2.05) is 12.1 Å². The van der Waals surface area contributed by atoms with Gasteiger partial charge in [0.05, 0.1) is 11.8 Å². The van der Waals surface area contributed by atoms with Crippen LogP contribution in [-0.4, -0.2) is 30.8 Å². The molecule has 0 saturated heterocycles. The molecule has 1 aliphatic heterocycles. The van der Waals surface area contributed by atoms with E-state index in [1.54, 1.807) is 60.7 Å². The minimum Gasteiger partial charge on any atom is -0.485 e. The van der Waals surface area contributed by atoms with E-state index in [0.29, 0.717) is 28.4 Å². The minimum absolute atomic E-state index is 0.0966. The van der Waals surface area contributed by atoms with E-state index in [1.165, 1.54) is 6.21 Å². The van der Waals surface area contributed by atoms with Crippen LogP contribution in [0.15, 0.2) is 82.4 Å². The summed E-state index contributed by atoms with van der Waals surface area (Å²) in [5.41, 5.74) is 3.51. The highest BCUT2D eigenvalue weighted by molar-refractivity contribution is 9.10. The van der Waals surface area contributed by atoms with Crippen molar-refractivity contribution in [2.24, 2.45) is 5.10 Å². The van der Waals surface area contributed by atoms with Crippen LogP contribution in [-0.2, 0) is 4.79 Å². The molecule has 0 bridgehead atoms. The number of amides is 1. The number of hydrogen-bond donors (Lipinski definition) is 1. The zero-order chi connectivity index (χ0) is 21.6. The second kappa shape index (κ2) is 9.44. The Morgan fingerprint density at radius 3 is 2.68 bits per heavy atom. The summed E-state index contributed by atoms with van der Waals surface area (Å²) in [5.74, 6) is 0.574. The molecule has 0 aliphatic carbocycles. The normalized spacial score (nSPS) is 14.8. The van der Waals surface area contributed by atoms with E-state index >= 15 is 0 Å². The molecule has 1 heterocycles. The summed E-state index contributed by atoms with van der Waals surface area (Å²) in [5, 5.41) is 3.96. The second-order valence-electron chi connectivity index (χ2n) is 6.57. The number of hydrogen-bond acceptors (Lipinski definition) is 6. The van der Waals surface area contributed by atoms with Gasteiger partial charge in [0.15, 0.2) is 11.5 Å². The molecule has 156 valence electrons. The van der Waals surface area contributed by atoms with E-state index in [2.05, 4.69) is 26.5 Å². The molecule has 8 heteroatoms. The smallest absolute Gasteiger partial charge is 0.343 e. The Morgan fingerprint density at radius 1 is 1.03 bits per heavy atom. The number of nitrogens with zero attached hydrogens (tertiary/aromatic N) is 1. The van der Waals surface area contributed by atoms with Crippen molar-refractivity contribution in [3.8, 4) is 17.2 Å². The predicted molar refractivity (Wildman–Crippen MR) is 118 cm³/mol. The Morgan fingerprint density at radius 2 is 1.84 bits per heavy atom. The van der Waals surface area contributed by atoms with Crippen molar-refractivity contribution in [3.63, 3.8) is 0 Å². The highest BCUT2D eigenvalue weighted by Crippen LogP contribution is 2.30. The lowest BCUT2D eigenvalue weighted by molar-refractivity contribution is -0.130. The van der Waals surface area contributed by atoms with E-state index < -0.39 is 18.0 Å². The fourth-order valence-electron chi connectivity index (χ4n) is 2.83. The molecule has 1 unspecified atom stereocenters. The molecule has 3 aromatic carbocycles. The standard InChI is InChI=1S/C23H17BrN2O5/c24-17-7-4-6-16(12-17)23(28)30-18-8-3-5-15(11-18)13-25-26-22(27)21-14-29-19-9-1-2-10-20(19)31-21/h1-13,21H,14H2,(H,26,27)/b25-13+. The molecule has 3 aromatic rings. The molecule has 0 fully saturated rings. The first-order valence-corrected chi connectivity index (χ1v) is 10.2. The molecule has 1 amide bonds. The average Bonchev–Trinajstić information content (AvgIpc) is 2.79. The number of esters is 1. The molecule has 31 heavy (non-hydrogen) atoms. The number of benzene rings is 3. The van der Waals surface area contributed by atoms with Crippen molar-refractivity contribution in [2.45, 2.75) is 6.10 Å². The summed E-state index contributed by atoms with van der Waals surface area (Å²) in [4.78, 5) is 24.6. The highest BCUT2D eigenvalue weighted by Gasteiger charge is 2.26. The minimum atomic E-state index is -0.801. The lowest BCUT2D eigenvalue weighted by atomic mass is 10.2. The maximum Gasteiger partial charge on any atom is 0.343 e. The molecule has 1 N–H and O–H groups in total. The van der Waals surface area contributed by atoms with Gasteiger partial charge in [0, 0.05) is 4.47 Å². The summed E-state index contributed by atoms with van der Waals surface area (Å²) in [6.45, 7) is 0.0966. The van der Waals surface area contributed by atoms with Crippen LogP contribution in [0.5, 0.6) is 17.2 Å². The largest absolute Gasteiger partial charge is 0.485 e. The first kappa shape index (κ1) is 20.6. The van der Waals surface area contributed by atoms with E-state index in [9.17, 15) is 9.59 Å². The zero-order valence-corrected chi connectivity index (χ0v) is 17.7. The van der Waals surface area contributed by atoms with Gasteiger partial charge in [-0.25, -0.2) is 10.2 Å². The summed E-state index contributed by atoms with van der Waals surface area (Å²) in [7, 11) is 0. The number of carbonyl (C=O) groups is 2. The van der Waals surface area contributed by atoms with Gasteiger partial charge in [-0.3, -0.25) is 4.79 Å². The number of para-hydroxylation sites is 2. The van der Waals surface area contributed by atoms with Crippen LogP contribution >= 0.6 is 15.9 Å². The predicted octanol–water partition coefficient (Wildman–Crippen LogP) is 3.96. The van der Waals surface area contributed by atoms with Crippen molar-refractivity contribution in [3.05, 3.63) is 88.4 Å². The average molecular weight is 481 g/mol. The maximum atomic E-state index is 12.3. The molecule has 1 atom stereocenters.